The Bertz CT molecular complexity index is 316. The van der Waals surface area contributed by atoms with Crippen LogP contribution in [0.5, 0.6) is 0 Å². The van der Waals surface area contributed by atoms with Crippen LogP contribution in [-0.4, -0.2) is 28.0 Å². The van der Waals surface area contributed by atoms with Gasteiger partial charge in [0.15, 0.2) is 8.32 Å². The summed E-state index contributed by atoms with van der Waals surface area (Å²) in [5.74, 6) is -0.360. The van der Waals surface area contributed by atoms with Crippen LogP contribution in [0.3, 0.4) is 0 Å². The predicted molar refractivity (Wildman–Crippen MR) is 76.8 cm³/mol. The van der Waals surface area contributed by atoms with Gasteiger partial charge >= 0.3 is 5.97 Å². The number of ether oxygens (including phenoxy) is 1. The highest BCUT2D eigenvalue weighted by atomic mass is 79.9. The molecule has 17 heavy (non-hydrogen) atoms. The molecule has 0 heterocycles. The molecule has 0 bridgehead atoms. The molecule has 0 rings (SSSR count). The Morgan fingerprint density at radius 1 is 1.29 bits per heavy atom. The molecular weight excluding hydrogens is 300 g/mol. The van der Waals surface area contributed by atoms with Crippen LogP contribution >= 0.6 is 15.9 Å². The first-order valence-corrected chi connectivity index (χ1v) is 9.30. The largest absolute Gasteiger partial charge is 0.465 e. The number of hydrogen-bond donors (Lipinski definition) is 0. The molecule has 0 aromatic carbocycles. The van der Waals surface area contributed by atoms with Gasteiger partial charge in [0.05, 0.1) is 13.7 Å². The van der Waals surface area contributed by atoms with E-state index in [0.29, 0.717) is 11.1 Å². The lowest BCUT2D eigenvalue weighted by atomic mass is 10.2. The zero-order valence-electron chi connectivity index (χ0n) is 11.8. The molecule has 100 valence electrons. The monoisotopic (exact) mass is 322 g/mol. The quantitative estimate of drug-likeness (QED) is 0.448. The molecule has 0 aromatic heterocycles. The maximum absolute atomic E-state index is 11.3. The minimum Gasteiger partial charge on any atom is -0.465 e. The zero-order chi connectivity index (χ0) is 13.9. The SMILES string of the molecule is COC(=O)/C(Br)=C(/C)CO[Si](C)(C)C(C)(C)C. The van der Waals surface area contributed by atoms with Crippen molar-refractivity contribution in [2.75, 3.05) is 13.7 Å². The maximum atomic E-state index is 11.3. The van der Waals surface area contributed by atoms with Crippen LogP contribution in [0.2, 0.25) is 18.1 Å². The van der Waals surface area contributed by atoms with Crippen molar-refractivity contribution >= 4 is 30.2 Å². The molecule has 0 aromatic rings. The maximum Gasteiger partial charge on any atom is 0.344 e. The summed E-state index contributed by atoms with van der Waals surface area (Å²) in [7, 11) is -0.399. The van der Waals surface area contributed by atoms with Crippen molar-refractivity contribution in [1.82, 2.24) is 0 Å². The zero-order valence-corrected chi connectivity index (χ0v) is 14.4. The number of carbonyl (C=O) groups excluding carboxylic acids is 1. The van der Waals surface area contributed by atoms with Gasteiger partial charge < -0.3 is 9.16 Å². The number of methoxy groups -OCH3 is 1. The van der Waals surface area contributed by atoms with Crippen LogP contribution in [0.4, 0.5) is 0 Å². The molecule has 0 aliphatic rings. The van der Waals surface area contributed by atoms with Gasteiger partial charge in [-0.3, -0.25) is 0 Å². The van der Waals surface area contributed by atoms with Gasteiger partial charge in [-0.1, -0.05) is 20.8 Å². The number of hydrogen-bond acceptors (Lipinski definition) is 3. The average molecular weight is 323 g/mol. The molecule has 0 aliphatic heterocycles. The van der Waals surface area contributed by atoms with Crippen molar-refractivity contribution < 1.29 is 14.0 Å². The topological polar surface area (TPSA) is 35.5 Å². The summed E-state index contributed by atoms with van der Waals surface area (Å²) in [4.78, 5) is 11.3. The van der Waals surface area contributed by atoms with E-state index < -0.39 is 8.32 Å². The van der Waals surface area contributed by atoms with Crippen molar-refractivity contribution in [2.45, 2.75) is 45.8 Å². The Morgan fingerprint density at radius 2 is 1.76 bits per heavy atom. The summed E-state index contributed by atoms with van der Waals surface area (Å²) >= 11 is 3.23. The summed E-state index contributed by atoms with van der Waals surface area (Å²) in [6.07, 6.45) is 0. The van der Waals surface area contributed by atoms with E-state index in [1.165, 1.54) is 7.11 Å². The molecule has 3 nitrogen and oxygen atoms in total. The van der Waals surface area contributed by atoms with E-state index in [9.17, 15) is 4.79 Å². The van der Waals surface area contributed by atoms with E-state index in [2.05, 4.69) is 54.5 Å². The Balaban J connectivity index is 4.64. The van der Waals surface area contributed by atoms with Gasteiger partial charge in [0.1, 0.15) is 4.48 Å². The average Bonchev–Trinajstić information content (AvgIpc) is 2.22. The summed E-state index contributed by atoms with van der Waals surface area (Å²) < 4.78 is 11.1. The van der Waals surface area contributed by atoms with Crippen LogP contribution in [-0.2, 0) is 14.0 Å². The molecule has 0 aliphatic carbocycles. The molecule has 0 N–H and O–H groups in total. The van der Waals surface area contributed by atoms with Gasteiger partial charge in [-0.15, -0.1) is 0 Å². The Kier molecular flexibility index (Phi) is 6.11. The minimum absolute atomic E-state index is 0.172. The lowest BCUT2D eigenvalue weighted by Crippen LogP contribution is -2.41. The van der Waals surface area contributed by atoms with Gasteiger partial charge in [0.2, 0.25) is 0 Å². The standard InChI is InChI=1S/C12H23BrO3Si/c1-9(10(13)11(14)15-5)8-16-17(6,7)12(2,3)4/h8H2,1-7H3/b10-9+. The second-order valence-electron chi connectivity index (χ2n) is 5.63. The molecule has 5 heteroatoms. The van der Waals surface area contributed by atoms with E-state index in [4.69, 9.17) is 4.43 Å². The molecular formula is C12H23BrO3Si. The summed E-state index contributed by atoms with van der Waals surface area (Å²) in [6.45, 7) is 13.3. The van der Waals surface area contributed by atoms with Crippen molar-refractivity contribution in [1.29, 1.82) is 0 Å². The van der Waals surface area contributed by atoms with Gasteiger partial charge in [0.25, 0.3) is 0 Å². The highest BCUT2D eigenvalue weighted by Gasteiger charge is 2.37. The van der Waals surface area contributed by atoms with Crippen molar-refractivity contribution in [3.05, 3.63) is 10.1 Å². The number of halogens is 1. The van der Waals surface area contributed by atoms with Gasteiger partial charge in [0, 0.05) is 0 Å². The van der Waals surface area contributed by atoms with E-state index in [-0.39, 0.29) is 11.0 Å². The highest BCUT2D eigenvalue weighted by molar-refractivity contribution is 9.12. The third kappa shape index (κ3) is 4.93. The van der Waals surface area contributed by atoms with Crippen LogP contribution < -0.4 is 0 Å². The molecule has 0 saturated heterocycles. The second kappa shape index (κ2) is 6.16. The second-order valence-corrected chi connectivity index (χ2v) is 11.2. The minimum atomic E-state index is -1.77. The molecule has 0 spiro atoms. The van der Waals surface area contributed by atoms with E-state index >= 15 is 0 Å². The smallest absolute Gasteiger partial charge is 0.344 e. The first kappa shape index (κ1) is 16.9. The Morgan fingerprint density at radius 3 is 2.12 bits per heavy atom. The van der Waals surface area contributed by atoms with Crippen molar-refractivity contribution in [3.63, 3.8) is 0 Å². The molecule has 0 amide bonds. The third-order valence-corrected chi connectivity index (χ3v) is 8.67. The van der Waals surface area contributed by atoms with Crippen LogP contribution in [0, 0.1) is 0 Å². The Hall–Kier alpha value is -0.133. The van der Waals surface area contributed by atoms with Crippen LogP contribution in [0.15, 0.2) is 10.1 Å². The first-order chi connectivity index (χ1) is 7.53. The van der Waals surface area contributed by atoms with Gasteiger partial charge in [-0.25, -0.2) is 4.79 Å². The molecule has 0 saturated carbocycles. The summed E-state index contributed by atoms with van der Waals surface area (Å²) in [5.41, 5.74) is 0.863. The normalized spacial score (nSPS) is 14.4. The predicted octanol–water partition coefficient (Wildman–Crippen LogP) is 3.85. The Labute approximate surface area is 114 Å². The number of esters is 1. The van der Waals surface area contributed by atoms with Gasteiger partial charge in [-0.05, 0) is 46.6 Å². The summed E-state index contributed by atoms with van der Waals surface area (Å²) in [6, 6.07) is 0. The fourth-order valence-corrected chi connectivity index (χ4v) is 2.12. The fourth-order valence-electron chi connectivity index (χ4n) is 0.832. The van der Waals surface area contributed by atoms with Crippen LogP contribution in [0.25, 0.3) is 0 Å². The number of rotatable bonds is 4. The van der Waals surface area contributed by atoms with Gasteiger partial charge in [-0.2, -0.15) is 0 Å². The third-order valence-electron chi connectivity index (χ3n) is 3.20. The van der Waals surface area contributed by atoms with Crippen molar-refractivity contribution in [3.8, 4) is 0 Å². The summed E-state index contributed by atoms with van der Waals surface area (Å²) in [5, 5.41) is 0.172. The fraction of sp³-hybridized carbons (Fsp3) is 0.750. The van der Waals surface area contributed by atoms with E-state index in [0.717, 1.165) is 5.57 Å². The molecule has 0 fully saturated rings. The van der Waals surface area contributed by atoms with Crippen LogP contribution in [0.1, 0.15) is 27.7 Å². The number of carbonyl (C=O) groups is 1. The lowest BCUT2D eigenvalue weighted by Gasteiger charge is -2.36. The highest BCUT2D eigenvalue weighted by Crippen LogP contribution is 2.36. The first-order valence-electron chi connectivity index (χ1n) is 5.60. The van der Waals surface area contributed by atoms with E-state index in [1.807, 2.05) is 6.92 Å². The molecule has 0 unspecified atom stereocenters. The lowest BCUT2D eigenvalue weighted by molar-refractivity contribution is -0.135. The molecule has 0 radical (unpaired) electrons. The van der Waals surface area contributed by atoms with E-state index in [1.54, 1.807) is 0 Å². The molecule has 0 atom stereocenters. The van der Waals surface area contributed by atoms with Crippen molar-refractivity contribution in [2.24, 2.45) is 0 Å².